The van der Waals surface area contributed by atoms with Gasteiger partial charge in [0.1, 0.15) is 12.2 Å². The summed E-state index contributed by atoms with van der Waals surface area (Å²) in [5.74, 6) is 0.548. The summed E-state index contributed by atoms with van der Waals surface area (Å²) < 4.78 is 0. The van der Waals surface area contributed by atoms with Gasteiger partial charge in [0.05, 0.1) is 18.8 Å². The van der Waals surface area contributed by atoms with Crippen LogP contribution >= 0.6 is 0 Å². The van der Waals surface area contributed by atoms with Gasteiger partial charge in [-0.1, -0.05) is 13.8 Å². The van der Waals surface area contributed by atoms with Gasteiger partial charge < -0.3 is 20.4 Å². The van der Waals surface area contributed by atoms with Crippen molar-refractivity contribution in [3.8, 4) is 0 Å². The minimum atomic E-state index is -1.16. The first kappa shape index (κ1) is 16.2. The lowest BCUT2D eigenvalue weighted by Crippen LogP contribution is -2.63. The largest absolute Gasteiger partial charge is 0.395 e. The van der Waals surface area contributed by atoms with Crippen molar-refractivity contribution in [2.75, 3.05) is 19.7 Å². The fraction of sp³-hybridized carbons (Fsp3) is 1.00. The molecule has 1 aliphatic carbocycles. The van der Waals surface area contributed by atoms with Crippen LogP contribution in [0.5, 0.6) is 0 Å². The standard InChI is InChI=1S/C15H29NO4/c1-15(2)5-3-10(4-6-15)7-16-8-12(18)14(20)13(19)11(16)9-17/h10-14,17-20H,3-9H2,1-2H3/t11-,12+,13-,14-/m1/s1. The van der Waals surface area contributed by atoms with Crippen LogP contribution in [0.3, 0.4) is 0 Å². The molecular weight excluding hydrogens is 258 g/mol. The molecule has 20 heavy (non-hydrogen) atoms. The third kappa shape index (κ3) is 3.52. The van der Waals surface area contributed by atoms with Gasteiger partial charge >= 0.3 is 0 Å². The van der Waals surface area contributed by atoms with E-state index in [4.69, 9.17) is 0 Å². The average Bonchev–Trinajstić information content (AvgIpc) is 2.39. The second-order valence-corrected chi connectivity index (χ2v) is 7.36. The first-order chi connectivity index (χ1) is 9.34. The van der Waals surface area contributed by atoms with E-state index in [0.29, 0.717) is 17.9 Å². The monoisotopic (exact) mass is 287 g/mol. The summed E-state index contributed by atoms with van der Waals surface area (Å²) in [6, 6.07) is -0.469. The van der Waals surface area contributed by atoms with Crippen molar-refractivity contribution in [2.45, 2.75) is 63.9 Å². The summed E-state index contributed by atoms with van der Waals surface area (Å²) in [5.41, 5.74) is 0.421. The van der Waals surface area contributed by atoms with Gasteiger partial charge in [0.2, 0.25) is 0 Å². The van der Waals surface area contributed by atoms with E-state index in [9.17, 15) is 20.4 Å². The Labute approximate surface area is 121 Å². The predicted molar refractivity (Wildman–Crippen MR) is 76.2 cm³/mol. The number of β-amino-alcohol motifs (C(OH)–C–C–N with tert-alkyl or cyclic N) is 1. The van der Waals surface area contributed by atoms with Crippen LogP contribution in [0.4, 0.5) is 0 Å². The van der Waals surface area contributed by atoms with Crippen LogP contribution in [-0.4, -0.2) is 69.4 Å². The number of rotatable bonds is 3. The van der Waals surface area contributed by atoms with Crippen molar-refractivity contribution in [3.05, 3.63) is 0 Å². The minimum absolute atomic E-state index is 0.191. The highest BCUT2D eigenvalue weighted by Gasteiger charge is 2.42. The molecule has 0 amide bonds. The molecule has 0 spiro atoms. The van der Waals surface area contributed by atoms with Gasteiger partial charge in [0, 0.05) is 13.1 Å². The van der Waals surface area contributed by atoms with Crippen molar-refractivity contribution in [2.24, 2.45) is 11.3 Å². The third-order valence-electron chi connectivity index (χ3n) is 5.17. The van der Waals surface area contributed by atoms with Crippen molar-refractivity contribution in [1.82, 2.24) is 4.90 Å². The van der Waals surface area contributed by atoms with Crippen LogP contribution in [0.1, 0.15) is 39.5 Å². The van der Waals surface area contributed by atoms with Crippen LogP contribution in [0.2, 0.25) is 0 Å². The first-order valence-electron chi connectivity index (χ1n) is 7.73. The zero-order valence-electron chi connectivity index (χ0n) is 12.6. The zero-order valence-corrected chi connectivity index (χ0v) is 12.6. The molecule has 0 bridgehead atoms. The zero-order chi connectivity index (χ0) is 14.9. The highest BCUT2D eigenvalue weighted by Crippen LogP contribution is 2.38. The van der Waals surface area contributed by atoms with Gasteiger partial charge in [-0.05, 0) is 37.0 Å². The van der Waals surface area contributed by atoms with Crippen molar-refractivity contribution in [3.63, 3.8) is 0 Å². The Morgan fingerprint density at radius 1 is 1.05 bits per heavy atom. The maximum absolute atomic E-state index is 9.98. The third-order valence-corrected chi connectivity index (χ3v) is 5.17. The van der Waals surface area contributed by atoms with Gasteiger partial charge in [0.25, 0.3) is 0 Å². The number of nitrogens with zero attached hydrogens (tertiary/aromatic N) is 1. The fourth-order valence-corrected chi connectivity index (χ4v) is 3.56. The molecule has 1 heterocycles. The van der Waals surface area contributed by atoms with E-state index in [0.717, 1.165) is 19.4 Å². The van der Waals surface area contributed by atoms with E-state index in [2.05, 4.69) is 13.8 Å². The van der Waals surface area contributed by atoms with Gasteiger partial charge in [-0.3, -0.25) is 4.90 Å². The molecule has 4 N–H and O–H groups in total. The number of piperidine rings is 1. The lowest BCUT2D eigenvalue weighted by molar-refractivity contribution is -0.148. The smallest absolute Gasteiger partial charge is 0.109 e. The summed E-state index contributed by atoms with van der Waals surface area (Å²) in [4.78, 5) is 1.95. The molecule has 0 aromatic heterocycles. The van der Waals surface area contributed by atoms with Gasteiger partial charge in [-0.15, -0.1) is 0 Å². The molecular formula is C15H29NO4. The molecule has 1 saturated carbocycles. The van der Waals surface area contributed by atoms with Crippen LogP contribution in [0.15, 0.2) is 0 Å². The topological polar surface area (TPSA) is 84.2 Å². The second-order valence-electron chi connectivity index (χ2n) is 7.36. The Kier molecular flexibility index (Phi) is 5.08. The van der Waals surface area contributed by atoms with Gasteiger partial charge in [-0.2, -0.15) is 0 Å². The molecule has 0 aromatic carbocycles. The summed E-state index contributed by atoms with van der Waals surface area (Å²) in [6.45, 7) is 5.50. The van der Waals surface area contributed by atoms with Crippen LogP contribution in [0, 0.1) is 11.3 Å². The Morgan fingerprint density at radius 3 is 2.20 bits per heavy atom. The molecule has 5 heteroatoms. The predicted octanol–water partition coefficient (Wildman–Crippen LogP) is -0.0380. The number of aliphatic hydroxyl groups is 4. The summed E-state index contributed by atoms with van der Waals surface area (Å²) >= 11 is 0. The Hall–Kier alpha value is -0.200. The number of aliphatic hydroxyl groups excluding tert-OH is 4. The van der Waals surface area contributed by atoms with E-state index < -0.39 is 24.4 Å². The number of likely N-dealkylation sites (tertiary alicyclic amines) is 1. The number of hydrogen-bond donors (Lipinski definition) is 4. The van der Waals surface area contributed by atoms with Crippen LogP contribution in [-0.2, 0) is 0 Å². The van der Waals surface area contributed by atoms with Crippen molar-refractivity contribution < 1.29 is 20.4 Å². The summed E-state index contributed by atoms with van der Waals surface area (Å²) in [7, 11) is 0. The maximum atomic E-state index is 9.98. The Balaban J connectivity index is 1.94. The van der Waals surface area contributed by atoms with E-state index >= 15 is 0 Å². The normalized spacial score (nSPS) is 39.9. The van der Waals surface area contributed by atoms with Gasteiger partial charge in [0.15, 0.2) is 0 Å². The minimum Gasteiger partial charge on any atom is -0.395 e. The fourth-order valence-electron chi connectivity index (χ4n) is 3.56. The van der Waals surface area contributed by atoms with E-state index in [-0.39, 0.29) is 6.61 Å². The van der Waals surface area contributed by atoms with Gasteiger partial charge in [-0.25, -0.2) is 0 Å². The Bertz CT molecular complexity index is 313. The number of hydrogen-bond acceptors (Lipinski definition) is 5. The average molecular weight is 287 g/mol. The molecule has 4 atom stereocenters. The SMILES string of the molecule is CC1(C)CCC(CN2C[C@H](O)[C@@H](O)[C@H](O)[C@H]2CO)CC1. The van der Waals surface area contributed by atoms with Crippen molar-refractivity contribution >= 4 is 0 Å². The molecule has 2 fully saturated rings. The molecule has 2 rings (SSSR count). The molecule has 0 radical (unpaired) electrons. The molecule has 5 nitrogen and oxygen atoms in total. The molecule has 1 saturated heterocycles. The van der Waals surface area contributed by atoms with Crippen LogP contribution < -0.4 is 0 Å². The first-order valence-corrected chi connectivity index (χ1v) is 7.73. The highest BCUT2D eigenvalue weighted by molar-refractivity contribution is 4.95. The molecule has 1 aliphatic heterocycles. The Morgan fingerprint density at radius 2 is 1.65 bits per heavy atom. The molecule has 0 unspecified atom stereocenters. The van der Waals surface area contributed by atoms with Crippen LogP contribution in [0.25, 0.3) is 0 Å². The van der Waals surface area contributed by atoms with Crippen molar-refractivity contribution in [1.29, 1.82) is 0 Å². The van der Waals surface area contributed by atoms with E-state index in [1.165, 1.54) is 12.8 Å². The lowest BCUT2D eigenvalue weighted by atomic mass is 9.73. The summed E-state index contributed by atoms with van der Waals surface area (Å²) in [6.07, 6.45) is 1.52. The second kappa shape index (κ2) is 6.28. The van der Waals surface area contributed by atoms with E-state index in [1.807, 2.05) is 4.90 Å². The highest BCUT2D eigenvalue weighted by atomic mass is 16.4. The molecule has 118 valence electrons. The lowest BCUT2D eigenvalue weighted by Gasteiger charge is -2.45. The molecule has 0 aromatic rings. The quantitative estimate of drug-likeness (QED) is 0.585. The van der Waals surface area contributed by atoms with E-state index in [1.54, 1.807) is 0 Å². The molecule has 2 aliphatic rings. The summed E-state index contributed by atoms with van der Waals surface area (Å²) in [5, 5.41) is 38.9. The maximum Gasteiger partial charge on any atom is 0.109 e.